The summed E-state index contributed by atoms with van der Waals surface area (Å²) in [5, 5.41) is 3.80. The Balaban J connectivity index is 1.91. The van der Waals surface area contributed by atoms with Gasteiger partial charge < -0.3 is 5.32 Å². The lowest BCUT2D eigenvalue weighted by Crippen LogP contribution is -2.24. The van der Waals surface area contributed by atoms with E-state index in [1.165, 1.54) is 22.7 Å². The molecular weight excluding hydrogens is 368 g/mol. The number of fused-ring (bicyclic) bond motifs is 1. The number of thiophene rings is 1. The van der Waals surface area contributed by atoms with E-state index in [4.69, 9.17) is 0 Å². The van der Waals surface area contributed by atoms with Crippen LogP contribution in [0.3, 0.4) is 0 Å². The molecule has 0 saturated carbocycles. The number of anilines is 2. The lowest BCUT2D eigenvalue weighted by Gasteiger charge is -2.16. The number of carbonyl (C=O) groups is 1. The number of carbonyl (C=O) groups excluding carboxylic acids is 1. The molecule has 0 aliphatic heterocycles. The summed E-state index contributed by atoms with van der Waals surface area (Å²) in [6.07, 6.45) is 1.16. The Morgan fingerprint density at radius 3 is 2.54 bits per heavy atom. The number of amides is 1. The molecule has 1 heterocycles. The Morgan fingerprint density at radius 2 is 1.85 bits per heavy atom. The highest BCUT2D eigenvalue weighted by Crippen LogP contribution is 2.30. The molecule has 0 atom stereocenters. The summed E-state index contributed by atoms with van der Waals surface area (Å²) in [7, 11) is -1.82. The first-order valence-corrected chi connectivity index (χ1v) is 10.7. The molecule has 1 N–H and O–H groups in total. The Kier molecular flexibility index (Phi) is 4.77. The molecule has 0 bridgehead atoms. The lowest BCUT2D eigenvalue weighted by molar-refractivity contribution is 0.103. The Bertz CT molecular complexity index is 1100. The largest absolute Gasteiger partial charge is 0.321 e. The van der Waals surface area contributed by atoms with Gasteiger partial charge in [0.25, 0.3) is 5.91 Å². The van der Waals surface area contributed by atoms with Crippen LogP contribution in [0.1, 0.15) is 20.8 Å². The second kappa shape index (κ2) is 6.74. The van der Waals surface area contributed by atoms with Gasteiger partial charge in [-0.15, -0.1) is 11.3 Å². The summed E-state index contributed by atoms with van der Waals surface area (Å²) in [6, 6.07) is 13.0. The van der Waals surface area contributed by atoms with Gasteiger partial charge in [0.15, 0.2) is 0 Å². The molecule has 0 radical (unpaired) electrons. The van der Waals surface area contributed by atoms with Crippen molar-refractivity contribution in [1.29, 1.82) is 0 Å². The molecular formula is C19H20N2O3S2. The van der Waals surface area contributed by atoms with E-state index in [0.29, 0.717) is 10.6 Å². The number of nitrogens with one attached hydrogen (secondary N) is 1. The minimum atomic E-state index is -3.33. The number of rotatable bonds is 4. The highest BCUT2D eigenvalue weighted by atomic mass is 32.2. The first-order chi connectivity index (χ1) is 12.2. The second-order valence-electron chi connectivity index (χ2n) is 6.26. The van der Waals surface area contributed by atoms with Crippen LogP contribution in [0.5, 0.6) is 0 Å². The van der Waals surface area contributed by atoms with E-state index in [1.54, 1.807) is 18.2 Å². The van der Waals surface area contributed by atoms with E-state index >= 15 is 0 Å². The molecule has 7 heteroatoms. The van der Waals surface area contributed by atoms with Crippen LogP contribution in [0.2, 0.25) is 0 Å². The third-order valence-corrected chi connectivity index (χ3v) is 6.76. The summed E-state index contributed by atoms with van der Waals surface area (Å²) in [4.78, 5) is 13.2. The van der Waals surface area contributed by atoms with Crippen molar-refractivity contribution < 1.29 is 13.2 Å². The van der Waals surface area contributed by atoms with Gasteiger partial charge in [-0.3, -0.25) is 9.10 Å². The van der Waals surface area contributed by atoms with E-state index in [1.807, 2.05) is 38.1 Å². The fraction of sp³-hybridized carbons (Fsp3) is 0.211. The zero-order valence-electron chi connectivity index (χ0n) is 15.0. The second-order valence-corrected chi connectivity index (χ2v) is 9.36. The lowest BCUT2D eigenvalue weighted by atomic mass is 10.1. The van der Waals surface area contributed by atoms with Crippen LogP contribution in [-0.4, -0.2) is 27.6 Å². The summed E-state index contributed by atoms with van der Waals surface area (Å²) in [6.45, 7) is 3.98. The molecule has 0 spiro atoms. The van der Waals surface area contributed by atoms with Gasteiger partial charge in [0, 0.05) is 17.4 Å². The van der Waals surface area contributed by atoms with Crippen molar-refractivity contribution in [2.45, 2.75) is 13.8 Å². The smallest absolute Gasteiger partial charge is 0.265 e. The highest BCUT2D eigenvalue weighted by Gasteiger charge is 2.15. The Labute approximate surface area is 157 Å². The van der Waals surface area contributed by atoms with Crippen molar-refractivity contribution in [1.82, 2.24) is 0 Å². The van der Waals surface area contributed by atoms with Crippen LogP contribution in [0.4, 0.5) is 11.4 Å². The first-order valence-electron chi connectivity index (χ1n) is 8.02. The molecule has 5 nitrogen and oxygen atoms in total. The number of hydrogen-bond acceptors (Lipinski definition) is 4. The van der Waals surface area contributed by atoms with Gasteiger partial charge in [0.05, 0.1) is 16.8 Å². The summed E-state index contributed by atoms with van der Waals surface area (Å²) in [5.74, 6) is -0.169. The molecule has 3 aromatic rings. The number of sulfonamides is 1. The molecule has 0 fully saturated rings. The zero-order valence-corrected chi connectivity index (χ0v) is 16.7. The molecule has 0 saturated heterocycles. The molecule has 0 aliphatic carbocycles. The monoisotopic (exact) mass is 388 g/mol. The maximum Gasteiger partial charge on any atom is 0.265 e. The van der Waals surface area contributed by atoms with Gasteiger partial charge in [-0.1, -0.05) is 12.1 Å². The third kappa shape index (κ3) is 3.59. The van der Waals surface area contributed by atoms with Crippen LogP contribution in [0.15, 0.2) is 42.5 Å². The zero-order chi connectivity index (χ0) is 19.1. The maximum atomic E-state index is 12.6. The van der Waals surface area contributed by atoms with Crippen LogP contribution < -0.4 is 9.62 Å². The van der Waals surface area contributed by atoms with Crippen LogP contribution >= 0.6 is 11.3 Å². The molecule has 1 aromatic heterocycles. The predicted molar refractivity (Wildman–Crippen MR) is 109 cm³/mol. The van der Waals surface area contributed by atoms with Crippen LogP contribution in [-0.2, 0) is 10.0 Å². The summed E-state index contributed by atoms with van der Waals surface area (Å²) < 4.78 is 25.6. The number of nitrogens with zero attached hydrogens (tertiary/aromatic N) is 1. The van der Waals surface area contributed by atoms with Crippen molar-refractivity contribution >= 4 is 48.7 Å². The summed E-state index contributed by atoms with van der Waals surface area (Å²) in [5.41, 5.74) is 3.52. The van der Waals surface area contributed by atoms with E-state index in [9.17, 15) is 13.2 Å². The fourth-order valence-corrected chi connectivity index (χ4v) is 4.04. The normalized spacial score (nSPS) is 11.5. The van der Waals surface area contributed by atoms with E-state index in [0.717, 1.165) is 33.2 Å². The van der Waals surface area contributed by atoms with Gasteiger partial charge in [0.1, 0.15) is 0 Å². The van der Waals surface area contributed by atoms with Crippen LogP contribution in [0.25, 0.3) is 10.1 Å². The van der Waals surface area contributed by atoms with Crippen molar-refractivity contribution in [3.63, 3.8) is 0 Å². The minimum Gasteiger partial charge on any atom is -0.321 e. The van der Waals surface area contributed by atoms with Crippen molar-refractivity contribution in [3.8, 4) is 0 Å². The fourth-order valence-electron chi connectivity index (χ4n) is 2.60. The van der Waals surface area contributed by atoms with Gasteiger partial charge in [0.2, 0.25) is 10.0 Å². The van der Waals surface area contributed by atoms with Crippen molar-refractivity contribution in [2.24, 2.45) is 0 Å². The first kappa shape index (κ1) is 18.4. The molecule has 1 amide bonds. The standard InChI is InChI=1S/C19H20N2O3S2/c1-12-6-5-7-16(13(12)2)20-19(22)18-11-14-10-15(8-9-17(14)25-18)21(3)26(4,23)24/h5-11H,1-4H3,(H,20,22). The topological polar surface area (TPSA) is 66.5 Å². The van der Waals surface area contributed by atoms with Gasteiger partial charge >= 0.3 is 0 Å². The molecule has 0 unspecified atom stereocenters. The molecule has 3 rings (SSSR count). The Morgan fingerprint density at radius 1 is 1.12 bits per heavy atom. The Hall–Kier alpha value is -2.38. The van der Waals surface area contributed by atoms with Crippen molar-refractivity contribution in [3.05, 3.63) is 58.5 Å². The van der Waals surface area contributed by atoms with Gasteiger partial charge in [-0.25, -0.2) is 8.42 Å². The van der Waals surface area contributed by atoms with Gasteiger partial charge in [-0.2, -0.15) is 0 Å². The van der Waals surface area contributed by atoms with E-state index in [2.05, 4.69) is 5.32 Å². The average Bonchev–Trinajstić information content (AvgIpc) is 3.00. The maximum absolute atomic E-state index is 12.6. The van der Waals surface area contributed by atoms with Crippen molar-refractivity contribution in [2.75, 3.05) is 22.9 Å². The predicted octanol–water partition coefficient (Wildman–Crippen LogP) is 4.17. The minimum absolute atomic E-state index is 0.169. The highest BCUT2D eigenvalue weighted by molar-refractivity contribution is 7.92. The van der Waals surface area contributed by atoms with E-state index in [-0.39, 0.29) is 5.91 Å². The molecule has 26 heavy (non-hydrogen) atoms. The number of benzene rings is 2. The summed E-state index contributed by atoms with van der Waals surface area (Å²) >= 11 is 1.38. The molecule has 0 aliphatic rings. The number of hydrogen-bond donors (Lipinski definition) is 1. The van der Waals surface area contributed by atoms with Crippen LogP contribution in [0, 0.1) is 13.8 Å². The third-order valence-electron chi connectivity index (χ3n) is 4.44. The number of aryl methyl sites for hydroxylation is 1. The molecule has 136 valence electrons. The quantitative estimate of drug-likeness (QED) is 0.730. The van der Waals surface area contributed by atoms with Gasteiger partial charge in [-0.05, 0) is 60.7 Å². The average molecular weight is 389 g/mol. The van der Waals surface area contributed by atoms with E-state index < -0.39 is 10.0 Å². The SMILES string of the molecule is Cc1cccc(NC(=O)c2cc3cc(N(C)S(C)(=O)=O)ccc3s2)c1C. The molecule has 2 aromatic carbocycles.